The zero-order chi connectivity index (χ0) is 13.1. The highest BCUT2D eigenvalue weighted by Crippen LogP contribution is 2.25. The molecule has 0 aliphatic rings. The molecule has 0 unspecified atom stereocenters. The first kappa shape index (κ1) is 11.9. The normalized spacial score (nSPS) is 10.7. The van der Waals surface area contributed by atoms with Crippen molar-refractivity contribution in [1.29, 1.82) is 0 Å². The van der Waals surface area contributed by atoms with Gasteiger partial charge in [0.15, 0.2) is 5.76 Å². The summed E-state index contributed by atoms with van der Waals surface area (Å²) in [5, 5.41) is 17.1. The van der Waals surface area contributed by atoms with E-state index in [0.717, 1.165) is 4.90 Å². The van der Waals surface area contributed by atoms with Gasteiger partial charge in [-0.25, -0.2) is 0 Å². The molecule has 1 aromatic carbocycles. The van der Waals surface area contributed by atoms with Crippen molar-refractivity contribution in [1.82, 2.24) is 10.2 Å². The number of aromatic nitrogens is 2. The summed E-state index contributed by atoms with van der Waals surface area (Å²) in [5.41, 5.74) is 0. The van der Waals surface area contributed by atoms with Gasteiger partial charge in [0, 0.05) is 4.90 Å². The van der Waals surface area contributed by atoms with E-state index in [-0.39, 0.29) is 5.75 Å². The highest BCUT2D eigenvalue weighted by atomic mass is 32.2. The number of hydrogen-bond acceptors (Lipinski definition) is 6. The molecular formula is C13H10N2O3S. The lowest BCUT2D eigenvalue weighted by Crippen LogP contribution is -1.80. The predicted octanol–water partition coefficient (Wildman–Crippen LogP) is 3.33. The third-order valence-corrected chi connectivity index (χ3v) is 3.39. The fraction of sp³-hybridized carbons (Fsp3) is 0.0769. The van der Waals surface area contributed by atoms with Crippen LogP contribution in [0.5, 0.6) is 5.75 Å². The lowest BCUT2D eigenvalue weighted by atomic mass is 10.3. The van der Waals surface area contributed by atoms with Gasteiger partial charge in [0.1, 0.15) is 5.75 Å². The molecule has 2 heterocycles. The van der Waals surface area contributed by atoms with E-state index in [1.807, 2.05) is 12.1 Å². The summed E-state index contributed by atoms with van der Waals surface area (Å²) in [4.78, 5) is 1.02. The van der Waals surface area contributed by atoms with Crippen molar-refractivity contribution in [2.24, 2.45) is 0 Å². The minimum Gasteiger partial charge on any atom is -0.508 e. The maximum atomic E-state index is 9.19. The van der Waals surface area contributed by atoms with Gasteiger partial charge in [-0.15, -0.1) is 22.0 Å². The largest absolute Gasteiger partial charge is 0.508 e. The summed E-state index contributed by atoms with van der Waals surface area (Å²) in [7, 11) is 0. The predicted molar refractivity (Wildman–Crippen MR) is 69.7 cm³/mol. The highest BCUT2D eigenvalue weighted by Gasteiger charge is 2.10. The Morgan fingerprint density at radius 1 is 1.11 bits per heavy atom. The molecule has 1 N–H and O–H groups in total. The number of aromatic hydroxyl groups is 1. The first-order valence-electron chi connectivity index (χ1n) is 5.59. The topological polar surface area (TPSA) is 72.3 Å². The molecule has 5 nitrogen and oxygen atoms in total. The van der Waals surface area contributed by atoms with Crippen LogP contribution in [0.25, 0.3) is 11.7 Å². The number of hydrogen-bond donors (Lipinski definition) is 1. The van der Waals surface area contributed by atoms with E-state index in [0.29, 0.717) is 23.3 Å². The van der Waals surface area contributed by atoms with Crippen LogP contribution in [0, 0.1) is 0 Å². The summed E-state index contributed by atoms with van der Waals surface area (Å²) in [5.74, 6) is 2.30. The van der Waals surface area contributed by atoms with E-state index in [9.17, 15) is 5.11 Å². The van der Waals surface area contributed by atoms with Crippen LogP contribution in [-0.2, 0) is 5.75 Å². The molecule has 0 saturated carbocycles. The monoisotopic (exact) mass is 274 g/mol. The Hall–Kier alpha value is -2.21. The number of nitrogens with zero attached hydrogens (tertiary/aromatic N) is 2. The smallest absolute Gasteiger partial charge is 0.283 e. The molecule has 2 aromatic heterocycles. The quantitative estimate of drug-likeness (QED) is 0.736. The maximum Gasteiger partial charge on any atom is 0.283 e. The Labute approximate surface area is 113 Å². The number of phenolic OH excluding ortho intramolecular Hbond substituents is 1. The van der Waals surface area contributed by atoms with E-state index in [1.165, 1.54) is 0 Å². The lowest BCUT2D eigenvalue weighted by Gasteiger charge is -1.98. The van der Waals surface area contributed by atoms with Crippen LogP contribution in [0.1, 0.15) is 5.89 Å². The summed E-state index contributed by atoms with van der Waals surface area (Å²) in [6.45, 7) is 0. The van der Waals surface area contributed by atoms with Crippen LogP contribution < -0.4 is 0 Å². The Kier molecular flexibility index (Phi) is 3.24. The van der Waals surface area contributed by atoms with Gasteiger partial charge in [-0.05, 0) is 36.4 Å². The Morgan fingerprint density at radius 3 is 2.68 bits per heavy atom. The van der Waals surface area contributed by atoms with E-state index >= 15 is 0 Å². The Balaban J connectivity index is 1.66. The molecule has 0 saturated heterocycles. The molecule has 3 aromatic rings. The minimum absolute atomic E-state index is 0.252. The van der Waals surface area contributed by atoms with Gasteiger partial charge in [0.25, 0.3) is 5.89 Å². The van der Waals surface area contributed by atoms with Gasteiger partial charge in [-0.2, -0.15) is 0 Å². The Morgan fingerprint density at radius 2 is 1.95 bits per heavy atom. The molecule has 19 heavy (non-hydrogen) atoms. The van der Waals surface area contributed by atoms with Crippen molar-refractivity contribution in [2.75, 3.05) is 0 Å². The molecule has 0 radical (unpaired) electrons. The van der Waals surface area contributed by atoms with Gasteiger partial charge < -0.3 is 13.9 Å². The minimum atomic E-state index is 0.252. The van der Waals surface area contributed by atoms with Gasteiger partial charge in [0.2, 0.25) is 5.89 Å². The average molecular weight is 274 g/mol. The van der Waals surface area contributed by atoms with Gasteiger partial charge in [0.05, 0.1) is 12.0 Å². The first-order valence-corrected chi connectivity index (χ1v) is 6.58. The number of rotatable bonds is 4. The molecule has 0 aliphatic carbocycles. The molecule has 0 atom stereocenters. The van der Waals surface area contributed by atoms with Crippen LogP contribution in [0.15, 0.2) is 56.4 Å². The zero-order valence-electron chi connectivity index (χ0n) is 9.81. The number of furan rings is 1. The molecule has 96 valence electrons. The molecule has 6 heteroatoms. The average Bonchev–Trinajstić information content (AvgIpc) is 3.09. The van der Waals surface area contributed by atoms with Crippen LogP contribution >= 0.6 is 11.8 Å². The van der Waals surface area contributed by atoms with E-state index in [2.05, 4.69) is 10.2 Å². The molecule has 0 spiro atoms. The van der Waals surface area contributed by atoms with Crippen molar-refractivity contribution in [3.63, 3.8) is 0 Å². The molecule has 0 aliphatic heterocycles. The summed E-state index contributed by atoms with van der Waals surface area (Å²) in [6.07, 6.45) is 1.56. The van der Waals surface area contributed by atoms with Crippen LogP contribution in [0.3, 0.4) is 0 Å². The van der Waals surface area contributed by atoms with Crippen molar-refractivity contribution >= 4 is 11.8 Å². The summed E-state index contributed by atoms with van der Waals surface area (Å²) in [6, 6.07) is 10.5. The maximum absolute atomic E-state index is 9.19. The van der Waals surface area contributed by atoms with Crippen molar-refractivity contribution in [3.05, 3.63) is 48.6 Å². The molecule has 3 rings (SSSR count). The van der Waals surface area contributed by atoms with Gasteiger partial charge >= 0.3 is 0 Å². The molecule has 0 bridgehead atoms. The second kappa shape index (κ2) is 5.19. The SMILES string of the molecule is Oc1ccc(SCc2nnc(-c3ccco3)o2)cc1. The van der Waals surface area contributed by atoms with Crippen LogP contribution in [0.4, 0.5) is 0 Å². The third-order valence-electron chi connectivity index (χ3n) is 2.40. The van der Waals surface area contributed by atoms with Crippen molar-refractivity contribution in [3.8, 4) is 17.4 Å². The van der Waals surface area contributed by atoms with Crippen LogP contribution in [-0.4, -0.2) is 15.3 Å². The number of benzene rings is 1. The summed E-state index contributed by atoms with van der Waals surface area (Å²) >= 11 is 1.55. The number of thioether (sulfide) groups is 1. The van der Waals surface area contributed by atoms with E-state index in [1.54, 1.807) is 42.3 Å². The van der Waals surface area contributed by atoms with E-state index < -0.39 is 0 Å². The lowest BCUT2D eigenvalue weighted by molar-refractivity contribution is 0.475. The fourth-order valence-electron chi connectivity index (χ4n) is 1.50. The molecule has 0 amide bonds. The summed E-state index contributed by atoms with van der Waals surface area (Å²) < 4.78 is 10.7. The third kappa shape index (κ3) is 2.79. The second-order valence-corrected chi connectivity index (χ2v) is 4.81. The number of phenols is 1. The van der Waals surface area contributed by atoms with Crippen LogP contribution in [0.2, 0.25) is 0 Å². The van der Waals surface area contributed by atoms with E-state index in [4.69, 9.17) is 8.83 Å². The highest BCUT2D eigenvalue weighted by molar-refractivity contribution is 7.98. The molecular weight excluding hydrogens is 264 g/mol. The Bertz CT molecular complexity index is 647. The zero-order valence-corrected chi connectivity index (χ0v) is 10.6. The second-order valence-electron chi connectivity index (χ2n) is 3.76. The van der Waals surface area contributed by atoms with Gasteiger partial charge in [-0.1, -0.05) is 0 Å². The standard InChI is InChI=1S/C13H10N2O3S/c16-9-3-5-10(6-4-9)19-8-12-14-15-13(18-12)11-2-1-7-17-11/h1-7,16H,8H2. The van der Waals surface area contributed by atoms with Crippen molar-refractivity contribution < 1.29 is 13.9 Å². The van der Waals surface area contributed by atoms with Gasteiger partial charge in [-0.3, -0.25) is 0 Å². The fourth-order valence-corrected chi connectivity index (χ4v) is 2.23. The molecule has 0 fully saturated rings. The van der Waals surface area contributed by atoms with Crippen molar-refractivity contribution in [2.45, 2.75) is 10.6 Å². The first-order chi connectivity index (χ1) is 9.31.